The molecule has 19 heavy (non-hydrogen) atoms. The topological polar surface area (TPSA) is 87.0 Å². The molecule has 2 rings (SSSR count). The van der Waals surface area contributed by atoms with Crippen molar-refractivity contribution in [2.45, 2.75) is 20.4 Å². The Labute approximate surface area is 114 Å². The van der Waals surface area contributed by atoms with Crippen molar-refractivity contribution in [1.29, 1.82) is 0 Å². The van der Waals surface area contributed by atoms with Crippen molar-refractivity contribution < 1.29 is 4.92 Å². The molecule has 7 heteroatoms. The van der Waals surface area contributed by atoms with Crippen molar-refractivity contribution in [2.24, 2.45) is 0 Å². The Morgan fingerprint density at radius 3 is 2.63 bits per heavy atom. The first kappa shape index (κ1) is 13.4. The molecule has 0 bridgehead atoms. The largest absolute Gasteiger partial charge is 0.393 e. The van der Waals surface area contributed by atoms with Crippen LogP contribution in [0.1, 0.15) is 17.0 Å². The Morgan fingerprint density at radius 2 is 2.16 bits per heavy atom. The quantitative estimate of drug-likeness (QED) is 0.532. The highest BCUT2D eigenvalue weighted by Gasteiger charge is 2.13. The van der Waals surface area contributed by atoms with E-state index >= 15 is 0 Å². The molecule has 0 saturated heterocycles. The van der Waals surface area contributed by atoms with Crippen molar-refractivity contribution in [1.82, 2.24) is 9.78 Å². The van der Waals surface area contributed by atoms with E-state index in [1.807, 2.05) is 13.8 Å². The van der Waals surface area contributed by atoms with E-state index in [1.54, 1.807) is 16.8 Å². The number of halogens is 1. The minimum absolute atomic E-state index is 0.0878. The average molecular weight is 281 g/mol. The van der Waals surface area contributed by atoms with Crippen LogP contribution < -0.4 is 5.73 Å². The molecule has 0 amide bonds. The van der Waals surface area contributed by atoms with Crippen LogP contribution in [-0.2, 0) is 6.54 Å². The fourth-order valence-corrected chi connectivity index (χ4v) is 2.01. The van der Waals surface area contributed by atoms with Gasteiger partial charge in [0.25, 0.3) is 5.69 Å². The van der Waals surface area contributed by atoms with Crippen LogP contribution in [0.5, 0.6) is 0 Å². The molecule has 0 aliphatic carbocycles. The van der Waals surface area contributed by atoms with Gasteiger partial charge in [0.15, 0.2) is 0 Å². The van der Waals surface area contributed by atoms with Crippen molar-refractivity contribution in [3.63, 3.8) is 0 Å². The lowest BCUT2D eigenvalue weighted by Crippen LogP contribution is -2.05. The number of nitrogen functional groups attached to an aromatic ring is 1. The van der Waals surface area contributed by atoms with Gasteiger partial charge in [-0.05, 0) is 25.5 Å². The van der Waals surface area contributed by atoms with Gasteiger partial charge in [0, 0.05) is 6.07 Å². The second-order valence-electron chi connectivity index (χ2n) is 4.29. The summed E-state index contributed by atoms with van der Waals surface area (Å²) in [5.41, 5.74) is 8.17. The van der Waals surface area contributed by atoms with Crippen LogP contribution in [0.4, 0.5) is 11.4 Å². The van der Waals surface area contributed by atoms with Gasteiger partial charge >= 0.3 is 0 Å². The normalized spacial score (nSPS) is 10.7. The Balaban J connectivity index is 2.31. The van der Waals surface area contributed by atoms with Crippen molar-refractivity contribution in [2.75, 3.05) is 5.73 Å². The van der Waals surface area contributed by atoms with Crippen molar-refractivity contribution in [3.8, 4) is 0 Å². The molecule has 0 saturated carbocycles. The third-order valence-electron chi connectivity index (χ3n) is 2.91. The SMILES string of the molecule is Cc1nn(Cc2ccc([N+](=O)[O-])c(N)c2)c(C)c1Cl. The zero-order valence-electron chi connectivity index (χ0n) is 10.6. The van der Waals surface area contributed by atoms with Gasteiger partial charge in [-0.15, -0.1) is 0 Å². The Hall–Kier alpha value is -2.08. The van der Waals surface area contributed by atoms with Gasteiger partial charge in [-0.1, -0.05) is 17.7 Å². The van der Waals surface area contributed by atoms with E-state index in [0.717, 1.165) is 17.0 Å². The lowest BCUT2D eigenvalue weighted by atomic mass is 10.1. The van der Waals surface area contributed by atoms with Gasteiger partial charge in [-0.3, -0.25) is 14.8 Å². The molecule has 1 heterocycles. The van der Waals surface area contributed by atoms with Gasteiger partial charge < -0.3 is 5.73 Å². The number of benzene rings is 1. The first-order valence-corrected chi connectivity index (χ1v) is 6.00. The monoisotopic (exact) mass is 280 g/mol. The predicted molar refractivity (Wildman–Crippen MR) is 73.3 cm³/mol. The van der Waals surface area contributed by atoms with Gasteiger partial charge in [0.05, 0.1) is 27.9 Å². The number of nitrogens with two attached hydrogens (primary N) is 1. The Kier molecular flexibility index (Phi) is 3.44. The Bertz CT molecular complexity index is 651. The lowest BCUT2D eigenvalue weighted by Gasteiger charge is -2.06. The molecular formula is C12H13ClN4O2. The van der Waals surface area contributed by atoms with Crippen LogP contribution in [0.25, 0.3) is 0 Å². The fourth-order valence-electron chi connectivity index (χ4n) is 1.87. The van der Waals surface area contributed by atoms with E-state index in [0.29, 0.717) is 11.6 Å². The highest BCUT2D eigenvalue weighted by atomic mass is 35.5. The minimum atomic E-state index is -0.501. The average Bonchev–Trinajstić information content (AvgIpc) is 2.57. The number of hydrogen-bond acceptors (Lipinski definition) is 4. The zero-order valence-corrected chi connectivity index (χ0v) is 11.3. The summed E-state index contributed by atoms with van der Waals surface area (Å²) in [4.78, 5) is 10.2. The molecule has 0 unspecified atom stereocenters. The molecule has 0 fully saturated rings. The zero-order chi connectivity index (χ0) is 14.2. The second-order valence-corrected chi connectivity index (χ2v) is 4.67. The summed E-state index contributed by atoms with van der Waals surface area (Å²) < 4.78 is 1.75. The summed E-state index contributed by atoms with van der Waals surface area (Å²) in [6.07, 6.45) is 0. The van der Waals surface area contributed by atoms with E-state index in [1.165, 1.54) is 6.07 Å². The van der Waals surface area contributed by atoms with Crippen LogP contribution in [0.2, 0.25) is 5.02 Å². The molecule has 0 aliphatic heterocycles. The van der Waals surface area contributed by atoms with Crippen LogP contribution in [-0.4, -0.2) is 14.7 Å². The molecule has 0 radical (unpaired) electrons. The van der Waals surface area contributed by atoms with E-state index in [9.17, 15) is 10.1 Å². The minimum Gasteiger partial charge on any atom is -0.393 e. The highest BCUT2D eigenvalue weighted by molar-refractivity contribution is 6.31. The molecule has 1 aromatic carbocycles. The van der Waals surface area contributed by atoms with Crippen molar-refractivity contribution in [3.05, 3.63) is 50.3 Å². The Morgan fingerprint density at radius 1 is 1.47 bits per heavy atom. The second kappa shape index (κ2) is 4.89. The van der Waals surface area contributed by atoms with Gasteiger partial charge in [0.1, 0.15) is 5.69 Å². The summed E-state index contributed by atoms with van der Waals surface area (Å²) in [5, 5.41) is 15.6. The number of anilines is 1. The van der Waals surface area contributed by atoms with E-state index in [4.69, 9.17) is 17.3 Å². The summed E-state index contributed by atoms with van der Waals surface area (Å²) in [6.45, 7) is 4.18. The molecule has 2 N–H and O–H groups in total. The molecule has 0 aliphatic rings. The number of nitro groups is 1. The third kappa shape index (κ3) is 2.53. The third-order valence-corrected chi connectivity index (χ3v) is 3.46. The molecule has 1 aromatic heterocycles. The maximum Gasteiger partial charge on any atom is 0.292 e. The summed E-state index contributed by atoms with van der Waals surface area (Å²) >= 11 is 6.07. The predicted octanol–water partition coefficient (Wildman–Crippen LogP) is 2.69. The standard InChI is InChI=1S/C12H13ClN4O2/c1-7-12(13)8(2)16(15-7)6-9-3-4-11(17(18)19)10(14)5-9/h3-5H,6,14H2,1-2H3. The number of nitrogens with zero attached hydrogens (tertiary/aromatic N) is 3. The summed E-state index contributed by atoms with van der Waals surface area (Å²) in [5.74, 6) is 0. The number of aromatic nitrogens is 2. The van der Waals surface area contributed by atoms with E-state index in [-0.39, 0.29) is 11.4 Å². The fraction of sp³-hybridized carbons (Fsp3) is 0.250. The highest BCUT2D eigenvalue weighted by Crippen LogP contribution is 2.24. The summed E-state index contributed by atoms with van der Waals surface area (Å²) in [6, 6.07) is 4.65. The molecule has 6 nitrogen and oxygen atoms in total. The van der Waals surface area contributed by atoms with Crippen molar-refractivity contribution >= 4 is 23.0 Å². The summed E-state index contributed by atoms with van der Waals surface area (Å²) in [7, 11) is 0. The molecule has 2 aromatic rings. The molecule has 100 valence electrons. The van der Waals surface area contributed by atoms with Gasteiger partial charge in [0.2, 0.25) is 0 Å². The van der Waals surface area contributed by atoms with Crippen LogP contribution in [0.15, 0.2) is 18.2 Å². The lowest BCUT2D eigenvalue weighted by molar-refractivity contribution is -0.383. The molecule has 0 spiro atoms. The number of nitro benzene ring substituents is 1. The first-order chi connectivity index (χ1) is 8.90. The number of aryl methyl sites for hydroxylation is 1. The van der Waals surface area contributed by atoms with E-state index < -0.39 is 4.92 Å². The first-order valence-electron chi connectivity index (χ1n) is 5.62. The maximum atomic E-state index is 10.7. The van der Waals surface area contributed by atoms with E-state index in [2.05, 4.69) is 5.10 Å². The van der Waals surface area contributed by atoms with Gasteiger partial charge in [-0.2, -0.15) is 5.10 Å². The van der Waals surface area contributed by atoms with Crippen LogP contribution >= 0.6 is 11.6 Å². The van der Waals surface area contributed by atoms with Crippen LogP contribution in [0, 0.1) is 24.0 Å². The number of rotatable bonds is 3. The smallest absolute Gasteiger partial charge is 0.292 e. The maximum absolute atomic E-state index is 10.7. The molecular weight excluding hydrogens is 268 g/mol. The van der Waals surface area contributed by atoms with Crippen LogP contribution in [0.3, 0.4) is 0 Å². The van der Waals surface area contributed by atoms with Gasteiger partial charge in [-0.25, -0.2) is 0 Å². The molecule has 0 atom stereocenters. The number of hydrogen-bond donors (Lipinski definition) is 1.